The number of aromatic nitrogens is 2. The molecule has 0 saturated carbocycles. The summed E-state index contributed by atoms with van der Waals surface area (Å²) in [4.78, 5) is 43.3. The van der Waals surface area contributed by atoms with Gasteiger partial charge in [-0.2, -0.15) is 5.10 Å². The van der Waals surface area contributed by atoms with Gasteiger partial charge < -0.3 is 19.7 Å². The van der Waals surface area contributed by atoms with Crippen LogP contribution in [0.15, 0.2) is 18.2 Å². The summed E-state index contributed by atoms with van der Waals surface area (Å²) in [6.45, 7) is 0.517. The minimum atomic E-state index is -0.867. The van der Waals surface area contributed by atoms with Gasteiger partial charge in [0.05, 0.1) is 30.9 Å². The lowest BCUT2D eigenvalue weighted by atomic mass is 10.1. The second kappa shape index (κ2) is 9.01. The molecule has 1 aromatic heterocycles. The molecule has 2 aliphatic heterocycles. The van der Waals surface area contributed by atoms with Gasteiger partial charge in [0.1, 0.15) is 24.2 Å². The van der Waals surface area contributed by atoms with E-state index in [0.29, 0.717) is 29.9 Å². The summed E-state index contributed by atoms with van der Waals surface area (Å²) >= 11 is 5.76. The van der Waals surface area contributed by atoms with E-state index in [0.717, 1.165) is 6.07 Å². The first-order valence-electron chi connectivity index (χ1n) is 9.62. The van der Waals surface area contributed by atoms with E-state index in [1.807, 2.05) is 0 Å². The summed E-state index contributed by atoms with van der Waals surface area (Å²) in [7, 11) is 1.18. The zero-order chi connectivity index (χ0) is 22.8. The smallest absolute Gasteiger partial charge is 0.438 e. The fourth-order valence-corrected chi connectivity index (χ4v) is 3.66. The maximum absolute atomic E-state index is 13.3. The average Bonchev–Trinajstić information content (AvgIpc) is 3.06. The van der Waals surface area contributed by atoms with Gasteiger partial charge in [0.25, 0.3) is 5.91 Å². The van der Waals surface area contributed by atoms with Crippen LogP contribution < -0.4 is 10.8 Å². The van der Waals surface area contributed by atoms with Gasteiger partial charge in [-0.3, -0.25) is 14.3 Å². The molecule has 3 amide bonds. The Morgan fingerprint density at radius 3 is 3.00 bits per heavy atom. The largest absolute Gasteiger partial charge is 0.508 e. The molecule has 0 aliphatic carbocycles. The van der Waals surface area contributed by atoms with Crippen molar-refractivity contribution in [2.24, 2.45) is 0 Å². The van der Waals surface area contributed by atoms with E-state index >= 15 is 0 Å². The van der Waals surface area contributed by atoms with E-state index in [2.05, 4.69) is 20.6 Å². The minimum absolute atomic E-state index is 0.104. The van der Waals surface area contributed by atoms with Crippen LogP contribution in [-0.4, -0.2) is 59.1 Å². The number of halogens is 2. The van der Waals surface area contributed by atoms with Crippen LogP contribution in [0.3, 0.4) is 0 Å². The van der Waals surface area contributed by atoms with Crippen LogP contribution in [-0.2, 0) is 33.8 Å². The maximum atomic E-state index is 13.3. The van der Waals surface area contributed by atoms with Gasteiger partial charge in [-0.15, -0.1) is 0 Å². The summed E-state index contributed by atoms with van der Waals surface area (Å²) in [5, 5.41) is 7.05. The number of ether oxygens (including phenoxy) is 2. The second-order valence-electron chi connectivity index (χ2n) is 7.12. The number of hydrogen-bond acceptors (Lipinski definition) is 7. The van der Waals surface area contributed by atoms with E-state index in [1.165, 1.54) is 28.8 Å². The van der Waals surface area contributed by atoms with Gasteiger partial charge in [0, 0.05) is 24.2 Å². The summed E-state index contributed by atoms with van der Waals surface area (Å²) in [6.07, 6.45) is -1.11. The normalized spacial score (nSPS) is 17.5. The fraction of sp³-hybridized carbons (Fsp3) is 0.368. The number of fused-ring (bicyclic) bond motifs is 3. The summed E-state index contributed by atoms with van der Waals surface area (Å²) in [5.41, 5.74) is 4.23. The molecule has 0 fully saturated rings. The number of hydrogen-bond donors (Lipinski definition) is 2. The third-order valence-corrected chi connectivity index (χ3v) is 5.31. The first kappa shape index (κ1) is 21.8. The Bertz CT molecular complexity index is 1080. The molecule has 0 saturated heterocycles. The molecule has 1 unspecified atom stereocenters. The highest BCUT2D eigenvalue weighted by atomic mass is 35.5. The van der Waals surface area contributed by atoms with Crippen molar-refractivity contribution in [3.63, 3.8) is 0 Å². The zero-order valence-electron chi connectivity index (χ0n) is 16.9. The van der Waals surface area contributed by atoms with Crippen molar-refractivity contribution in [3.05, 3.63) is 46.0 Å². The van der Waals surface area contributed by atoms with E-state index in [4.69, 9.17) is 21.2 Å². The molecule has 0 radical (unpaired) electrons. The number of rotatable bonds is 3. The van der Waals surface area contributed by atoms with E-state index in [1.54, 1.807) is 0 Å². The molecule has 32 heavy (non-hydrogen) atoms. The van der Waals surface area contributed by atoms with Gasteiger partial charge in [-0.05, 0) is 18.2 Å². The number of urea groups is 1. The molecule has 2 aliphatic rings. The number of carbonyl (C=O) groups excluding carboxylic acids is 3. The van der Waals surface area contributed by atoms with E-state index in [9.17, 15) is 18.8 Å². The Morgan fingerprint density at radius 2 is 2.25 bits per heavy atom. The predicted molar refractivity (Wildman–Crippen MR) is 107 cm³/mol. The molecule has 4 rings (SSSR count). The molecular weight excluding hydrogens is 449 g/mol. The molecule has 11 nitrogen and oxygen atoms in total. The lowest BCUT2D eigenvalue weighted by molar-refractivity contribution is -0.0529. The fourth-order valence-electron chi connectivity index (χ4n) is 3.48. The number of nitrogens with one attached hydrogen (secondary N) is 2. The molecule has 13 heteroatoms. The Balaban J connectivity index is 1.48. The lowest BCUT2D eigenvalue weighted by Gasteiger charge is -2.27. The van der Waals surface area contributed by atoms with Crippen LogP contribution >= 0.6 is 11.6 Å². The number of hydroxylamine groups is 1. The molecular formula is C19H19ClFN5O6. The van der Waals surface area contributed by atoms with Crippen LogP contribution in [0.5, 0.6) is 0 Å². The number of nitrogens with zero attached hydrogens (tertiary/aromatic N) is 3. The van der Waals surface area contributed by atoms with Crippen molar-refractivity contribution in [1.82, 2.24) is 20.2 Å². The van der Waals surface area contributed by atoms with Crippen molar-refractivity contribution < 1.29 is 33.1 Å². The topological polar surface area (TPSA) is 124 Å². The van der Waals surface area contributed by atoms with Gasteiger partial charge >= 0.3 is 12.2 Å². The second-order valence-corrected chi connectivity index (χ2v) is 7.53. The Morgan fingerprint density at radius 1 is 1.44 bits per heavy atom. The molecule has 1 aromatic carbocycles. The monoisotopic (exact) mass is 467 g/mol. The molecule has 0 bridgehead atoms. The molecule has 2 aromatic rings. The van der Waals surface area contributed by atoms with Gasteiger partial charge in [0.15, 0.2) is 0 Å². The van der Waals surface area contributed by atoms with Crippen LogP contribution in [0.1, 0.15) is 21.7 Å². The first-order chi connectivity index (χ1) is 15.4. The maximum Gasteiger partial charge on any atom is 0.508 e. The molecule has 3 heterocycles. The van der Waals surface area contributed by atoms with Crippen LogP contribution in [0.25, 0.3) is 0 Å². The molecule has 0 spiro atoms. The predicted octanol–water partition coefficient (Wildman–Crippen LogP) is 2.09. The Labute approximate surface area is 186 Å². The number of methoxy groups -OCH3 is 1. The highest BCUT2D eigenvalue weighted by molar-refractivity contribution is 6.31. The highest BCUT2D eigenvalue weighted by Crippen LogP contribution is 2.25. The SMILES string of the molecule is COC(=O)OCC1Cn2nc3c(c2C(=O)NO1)CN(C(=O)Nc1ccc(F)c(Cl)c1)CC3. The minimum Gasteiger partial charge on any atom is -0.438 e. The Kier molecular flexibility index (Phi) is 6.15. The van der Waals surface area contributed by atoms with Crippen LogP contribution in [0.2, 0.25) is 5.02 Å². The van der Waals surface area contributed by atoms with Gasteiger partial charge in [-0.1, -0.05) is 11.6 Å². The van der Waals surface area contributed by atoms with Crippen molar-refractivity contribution in [2.75, 3.05) is 25.6 Å². The summed E-state index contributed by atoms with van der Waals surface area (Å²) < 4.78 is 24.1. The summed E-state index contributed by atoms with van der Waals surface area (Å²) in [6, 6.07) is 3.46. The zero-order valence-corrected chi connectivity index (χ0v) is 17.6. The molecule has 170 valence electrons. The number of carbonyl (C=O) groups is 3. The third kappa shape index (κ3) is 4.46. The quantitative estimate of drug-likeness (QED) is 0.662. The average molecular weight is 468 g/mol. The van der Waals surface area contributed by atoms with Gasteiger partial charge in [-0.25, -0.2) is 19.5 Å². The van der Waals surface area contributed by atoms with Crippen LogP contribution in [0.4, 0.5) is 19.7 Å². The van der Waals surface area contributed by atoms with Crippen molar-refractivity contribution in [3.8, 4) is 0 Å². The van der Waals surface area contributed by atoms with E-state index in [-0.39, 0.29) is 30.4 Å². The van der Waals surface area contributed by atoms with Gasteiger partial charge in [0.2, 0.25) is 0 Å². The summed E-state index contributed by atoms with van der Waals surface area (Å²) in [5.74, 6) is -1.11. The standard InChI is InChI=1S/C19H19ClFN5O6/c1-30-19(29)31-9-11-7-26-16(17(27)24-32-11)12-8-25(5-4-15(12)23-26)18(28)22-10-2-3-14(21)13(20)6-10/h2-3,6,11H,4-5,7-9H2,1H3,(H,22,28)(H,24,27). The van der Waals surface area contributed by atoms with E-state index < -0.39 is 30.0 Å². The highest BCUT2D eigenvalue weighted by Gasteiger charge is 2.33. The third-order valence-electron chi connectivity index (χ3n) is 5.02. The number of anilines is 1. The number of benzene rings is 1. The van der Waals surface area contributed by atoms with Crippen molar-refractivity contribution in [2.45, 2.75) is 25.6 Å². The Hall–Kier alpha value is -3.38. The van der Waals surface area contributed by atoms with Crippen molar-refractivity contribution in [1.29, 1.82) is 0 Å². The number of amides is 3. The molecule has 1 atom stereocenters. The molecule has 2 N–H and O–H groups in total. The van der Waals surface area contributed by atoms with Crippen molar-refractivity contribution >= 4 is 35.4 Å². The van der Waals surface area contributed by atoms with Crippen LogP contribution in [0, 0.1) is 5.82 Å². The lowest BCUT2D eigenvalue weighted by Crippen LogP contribution is -2.39. The first-order valence-corrected chi connectivity index (χ1v) is 9.99.